The smallest absolute Gasteiger partial charge is 0.277 e. The molecule has 0 aromatic heterocycles. The Bertz CT molecular complexity index is 896. The number of rotatable bonds is 5. The molecule has 1 amide bonds. The third kappa shape index (κ3) is 4.39. The van der Waals surface area contributed by atoms with E-state index in [4.69, 9.17) is 4.74 Å². The Kier molecular flexibility index (Phi) is 5.52. The summed E-state index contributed by atoms with van der Waals surface area (Å²) < 4.78 is 5.59. The molecule has 0 radical (unpaired) electrons. The van der Waals surface area contributed by atoms with Crippen LogP contribution in [0.4, 0.5) is 0 Å². The average molecular weight is 348 g/mol. The number of hydrogen-bond donors (Lipinski definition) is 1. The number of amides is 1. The number of benzene rings is 2. The van der Waals surface area contributed by atoms with E-state index in [2.05, 4.69) is 23.2 Å². The van der Waals surface area contributed by atoms with Crippen LogP contribution in [0, 0.1) is 5.92 Å². The predicted octanol–water partition coefficient (Wildman–Crippen LogP) is 4.62. The molecule has 1 unspecified atom stereocenters. The van der Waals surface area contributed by atoms with E-state index >= 15 is 0 Å². The van der Waals surface area contributed by atoms with Gasteiger partial charge in [-0.15, -0.1) is 0 Å². The quantitative estimate of drug-likeness (QED) is 0.633. The van der Waals surface area contributed by atoms with E-state index in [1.807, 2.05) is 56.3 Å². The van der Waals surface area contributed by atoms with E-state index in [0.29, 0.717) is 11.7 Å². The summed E-state index contributed by atoms with van der Waals surface area (Å²) in [4.78, 5) is 12.1. The van der Waals surface area contributed by atoms with Crippen molar-refractivity contribution >= 4 is 22.4 Å². The number of carbonyl (C=O) groups is 1. The van der Waals surface area contributed by atoms with Crippen molar-refractivity contribution in [2.24, 2.45) is 11.0 Å². The molecule has 0 aliphatic heterocycles. The fourth-order valence-electron chi connectivity index (χ4n) is 2.99. The van der Waals surface area contributed by atoms with Crippen LogP contribution in [0.2, 0.25) is 0 Å². The van der Waals surface area contributed by atoms with Crippen molar-refractivity contribution in [3.8, 4) is 5.75 Å². The summed E-state index contributed by atoms with van der Waals surface area (Å²) in [6, 6.07) is 13.8. The molecular weight excluding hydrogens is 324 g/mol. The summed E-state index contributed by atoms with van der Waals surface area (Å²) in [6.45, 7) is 8.01. The maximum atomic E-state index is 12.1. The minimum Gasteiger partial charge on any atom is -0.484 e. The van der Waals surface area contributed by atoms with Crippen LogP contribution in [0.25, 0.3) is 10.8 Å². The maximum absolute atomic E-state index is 12.1. The van der Waals surface area contributed by atoms with Crippen molar-refractivity contribution in [2.45, 2.75) is 26.7 Å². The highest BCUT2D eigenvalue weighted by atomic mass is 16.5. The summed E-state index contributed by atoms with van der Waals surface area (Å²) in [5, 5.41) is 6.51. The molecule has 0 bridgehead atoms. The van der Waals surface area contributed by atoms with Crippen LogP contribution >= 0.6 is 0 Å². The van der Waals surface area contributed by atoms with Crippen LogP contribution in [0.1, 0.15) is 26.7 Å². The molecule has 0 heterocycles. The van der Waals surface area contributed by atoms with Gasteiger partial charge in [0.15, 0.2) is 6.61 Å². The summed E-state index contributed by atoms with van der Waals surface area (Å²) >= 11 is 0. The van der Waals surface area contributed by atoms with Crippen LogP contribution in [-0.4, -0.2) is 18.2 Å². The van der Waals surface area contributed by atoms with Crippen LogP contribution in [0.5, 0.6) is 5.75 Å². The second kappa shape index (κ2) is 8.00. The standard InChI is InChI=1S/C22H24N2O2/c1-15(2)18-9-8-16(3)21(13-18)23-24-22(25)14-26-20-11-10-17-6-4-5-7-19(17)12-20/h4-8,10-12,18H,1,9,13-14H2,2-3H3,(H,24,25)/b23-21-. The molecule has 1 aliphatic carbocycles. The molecule has 0 saturated carbocycles. The molecule has 0 spiro atoms. The van der Waals surface area contributed by atoms with E-state index < -0.39 is 0 Å². The molecule has 4 nitrogen and oxygen atoms in total. The van der Waals surface area contributed by atoms with Crippen molar-refractivity contribution < 1.29 is 9.53 Å². The fraction of sp³-hybridized carbons (Fsp3) is 0.273. The van der Waals surface area contributed by atoms with Crippen molar-refractivity contribution in [1.29, 1.82) is 0 Å². The molecule has 1 atom stereocenters. The number of allylic oxidation sites excluding steroid dienone is 3. The normalized spacial score (nSPS) is 18.5. The number of nitrogens with zero attached hydrogens (tertiary/aromatic N) is 1. The summed E-state index contributed by atoms with van der Waals surface area (Å²) in [5.41, 5.74) is 5.76. The topological polar surface area (TPSA) is 50.7 Å². The Morgan fingerprint density at radius 3 is 2.81 bits per heavy atom. The number of nitrogens with one attached hydrogen (secondary N) is 1. The summed E-state index contributed by atoms with van der Waals surface area (Å²) in [6.07, 6.45) is 3.95. The third-order valence-corrected chi connectivity index (χ3v) is 4.71. The van der Waals surface area contributed by atoms with Gasteiger partial charge in [0, 0.05) is 0 Å². The number of hydrogen-bond acceptors (Lipinski definition) is 3. The molecule has 0 saturated heterocycles. The van der Waals surface area contributed by atoms with Crippen LogP contribution in [-0.2, 0) is 4.79 Å². The number of fused-ring (bicyclic) bond motifs is 1. The van der Waals surface area contributed by atoms with Gasteiger partial charge in [-0.3, -0.25) is 4.79 Å². The Morgan fingerprint density at radius 2 is 2.04 bits per heavy atom. The molecular formula is C22H24N2O2. The molecule has 3 rings (SSSR count). The van der Waals surface area contributed by atoms with Gasteiger partial charge >= 0.3 is 0 Å². The van der Waals surface area contributed by atoms with Crippen LogP contribution < -0.4 is 10.2 Å². The van der Waals surface area contributed by atoms with Gasteiger partial charge < -0.3 is 4.74 Å². The molecule has 2 aromatic carbocycles. The van der Waals surface area contributed by atoms with Gasteiger partial charge in [0.25, 0.3) is 5.91 Å². The van der Waals surface area contributed by atoms with E-state index in [9.17, 15) is 4.79 Å². The lowest BCUT2D eigenvalue weighted by atomic mass is 9.85. The van der Waals surface area contributed by atoms with E-state index in [-0.39, 0.29) is 12.5 Å². The lowest BCUT2D eigenvalue weighted by Gasteiger charge is -2.22. The number of carbonyl (C=O) groups excluding carboxylic acids is 1. The number of hydrazone groups is 1. The highest BCUT2D eigenvalue weighted by Gasteiger charge is 2.18. The first kappa shape index (κ1) is 17.9. The molecule has 0 fully saturated rings. The van der Waals surface area contributed by atoms with Crippen molar-refractivity contribution in [1.82, 2.24) is 5.43 Å². The second-order valence-electron chi connectivity index (χ2n) is 6.76. The first-order valence-electron chi connectivity index (χ1n) is 8.82. The monoisotopic (exact) mass is 348 g/mol. The highest BCUT2D eigenvalue weighted by Crippen LogP contribution is 2.26. The van der Waals surface area contributed by atoms with Crippen molar-refractivity contribution in [3.63, 3.8) is 0 Å². The first-order valence-corrected chi connectivity index (χ1v) is 8.82. The molecule has 4 heteroatoms. The highest BCUT2D eigenvalue weighted by molar-refractivity contribution is 6.01. The van der Waals surface area contributed by atoms with Crippen molar-refractivity contribution in [3.05, 3.63) is 66.3 Å². The molecule has 134 valence electrons. The SMILES string of the molecule is C=C(C)C1CC=C(C)/C(=N\NC(=O)COc2ccc3ccccc3c2)C1. The Labute approximate surface area is 154 Å². The van der Waals surface area contributed by atoms with E-state index in [1.165, 1.54) is 0 Å². The fourth-order valence-corrected chi connectivity index (χ4v) is 2.99. The van der Waals surface area contributed by atoms with Gasteiger partial charge in [-0.2, -0.15) is 5.10 Å². The van der Waals surface area contributed by atoms with Gasteiger partial charge in [0.05, 0.1) is 5.71 Å². The summed E-state index contributed by atoms with van der Waals surface area (Å²) in [5.74, 6) is 0.793. The molecule has 26 heavy (non-hydrogen) atoms. The second-order valence-corrected chi connectivity index (χ2v) is 6.76. The number of ether oxygens (including phenoxy) is 1. The third-order valence-electron chi connectivity index (χ3n) is 4.71. The largest absolute Gasteiger partial charge is 0.484 e. The lowest BCUT2D eigenvalue weighted by Crippen LogP contribution is -2.27. The minimum absolute atomic E-state index is 0.0677. The summed E-state index contributed by atoms with van der Waals surface area (Å²) in [7, 11) is 0. The van der Waals surface area contributed by atoms with Gasteiger partial charge in [-0.1, -0.05) is 48.6 Å². The zero-order valence-electron chi connectivity index (χ0n) is 15.3. The van der Waals surface area contributed by atoms with Crippen LogP contribution in [0.3, 0.4) is 0 Å². The Morgan fingerprint density at radius 1 is 1.27 bits per heavy atom. The molecule has 1 N–H and O–H groups in total. The zero-order valence-corrected chi connectivity index (χ0v) is 15.3. The van der Waals surface area contributed by atoms with Crippen LogP contribution in [0.15, 0.2) is 71.4 Å². The minimum atomic E-state index is -0.268. The molecule has 1 aliphatic rings. The Balaban J connectivity index is 1.57. The van der Waals surface area contributed by atoms with Gasteiger partial charge in [0.1, 0.15) is 5.75 Å². The predicted molar refractivity (Wildman–Crippen MR) is 106 cm³/mol. The zero-order chi connectivity index (χ0) is 18.5. The van der Waals surface area contributed by atoms with E-state index in [0.717, 1.165) is 40.5 Å². The average Bonchev–Trinajstić information content (AvgIpc) is 2.65. The molecule has 2 aromatic rings. The lowest BCUT2D eigenvalue weighted by molar-refractivity contribution is -0.123. The first-order chi connectivity index (χ1) is 12.5. The van der Waals surface area contributed by atoms with E-state index in [1.54, 1.807) is 0 Å². The van der Waals surface area contributed by atoms with Crippen molar-refractivity contribution in [2.75, 3.05) is 6.61 Å². The Hall–Kier alpha value is -2.88. The van der Waals surface area contributed by atoms with Gasteiger partial charge in [-0.25, -0.2) is 5.43 Å². The van der Waals surface area contributed by atoms with Gasteiger partial charge in [-0.05, 0) is 61.1 Å². The maximum Gasteiger partial charge on any atom is 0.277 e. The van der Waals surface area contributed by atoms with Gasteiger partial charge in [0.2, 0.25) is 0 Å².